The van der Waals surface area contributed by atoms with Crippen molar-refractivity contribution >= 4 is 17.3 Å². The molecule has 116 valence electrons. The van der Waals surface area contributed by atoms with Crippen LogP contribution in [0.1, 0.15) is 5.56 Å². The second kappa shape index (κ2) is 5.76. The number of alkyl halides is 3. The van der Waals surface area contributed by atoms with Crippen LogP contribution in [-0.4, -0.2) is 9.91 Å². The Morgan fingerprint density at radius 3 is 2.50 bits per heavy atom. The molecule has 22 heavy (non-hydrogen) atoms. The first-order chi connectivity index (χ1) is 10.2. The van der Waals surface area contributed by atoms with E-state index >= 15 is 0 Å². The van der Waals surface area contributed by atoms with Crippen LogP contribution < -0.4 is 4.74 Å². The minimum atomic E-state index is -4.89. The van der Waals surface area contributed by atoms with E-state index in [1.807, 2.05) is 0 Å². The summed E-state index contributed by atoms with van der Waals surface area (Å²) in [4.78, 5) is 13.3. The zero-order valence-electron chi connectivity index (χ0n) is 10.4. The summed E-state index contributed by atoms with van der Waals surface area (Å²) in [5.74, 6) is -2.16. The average molecular weight is 337 g/mol. The van der Waals surface area contributed by atoms with Crippen molar-refractivity contribution in [2.24, 2.45) is 0 Å². The van der Waals surface area contributed by atoms with Gasteiger partial charge < -0.3 is 4.74 Å². The van der Waals surface area contributed by atoms with E-state index in [0.717, 1.165) is 18.3 Å². The third-order valence-corrected chi connectivity index (χ3v) is 2.73. The largest absolute Gasteiger partial charge is 0.438 e. The lowest BCUT2D eigenvalue weighted by atomic mass is 10.2. The number of nitro groups is 1. The number of ether oxygens (including phenoxy) is 1. The number of aromatic nitrogens is 1. The van der Waals surface area contributed by atoms with Crippen molar-refractivity contribution in [3.8, 4) is 11.6 Å². The van der Waals surface area contributed by atoms with Crippen molar-refractivity contribution in [3.05, 3.63) is 57.0 Å². The fourth-order valence-electron chi connectivity index (χ4n) is 1.49. The van der Waals surface area contributed by atoms with Gasteiger partial charge in [-0.1, -0.05) is 11.6 Å². The summed E-state index contributed by atoms with van der Waals surface area (Å²) in [5, 5.41) is 10.2. The van der Waals surface area contributed by atoms with E-state index in [2.05, 4.69) is 4.98 Å². The van der Waals surface area contributed by atoms with Crippen molar-refractivity contribution in [1.82, 2.24) is 4.98 Å². The molecule has 2 rings (SSSR count). The molecule has 2 aromatic rings. The molecule has 0 aliphatic heterocycles. The van der Waals surface area contributed by atoms with Crippen LogP contribution >= 0.6 is 11.6 Å². The predicted molar refractivity (Wildman–Crippen MR) is 67.4 cm³/mol. The van der Waals surface area contributed by atoms with Crippen molar-refractivity contribution in [2.45, 2.75) is 6.18 Å². The molecule has 1 aromatic heterocycles. The van der Waals surface area contributed by atoms with Crippen molar-refractivity contribution in [2.75, 3.05) is 0 Å². The second-order valence-corrected chi connectivity index (χ2v) is 4.39. The summed E-state index contributed by atoms with van der Waals surface area (Å²) in [6, 6.07) is 2.90. The van der Waals surface area contributed by atoms with Crippen LogP contribution in [0.3, 0.4) is 0 Å². The Balaban J connectivity index is 2.34. The Bertz CT molecular complexity index is 737. The Kier molecular flexibility index (Phi) is 4.18. The third-order valence-electron chi connectivity index (χ3n) is 2.46. The van der Waals surface area contributed by atoms with E-state index < -0.39 is 28.2 Å². The van der Waals surface area contributed by atoms with E-state index in [-0.39, 0.29) is 16.7 Å². The van der Waals surface area contributed by atoms with Crippen molar-refractivity contribution < 1.29 is 27.2 Å². The molecule has 0 N–H and O–H groups in total. The maximum Gasteiger partial charge on any atom is 0.419 e. The SMILES string of the molecule is O=[N+]([O-])c1cnc(Oc2ccc(F)c(C(F)(F)F)c2)c(Cl)c1. The molecule has 5 nitrogen and oxygen atoms in total. The molecule has 0 saturated carbocycles. The van der Waals surface area contributed by atoms with Gasteiger partial charge in [-0.05, 0) is 18.2 Å². The quantitative estimate of drug-likeness (QED) is 0.467. The number of hydrogen-bond acceptors (Lipinski definition) is 4. The molecule has 0 saturated heterocycles. The molecule has 0 amide bonds. The van der Waals surface area contributed by atoms with Crippen LogP contribution in [-0.2, 0) is 6.18 Å². The smallest absolute Gasteiger partial charge is 0.419 e. The highest BCUT2D eigenvalue weighted by Crippen LogP contribution is 2.36. The van der Waals surface area contributed by atoms with Gasteiger partial charge >= 0.3 is 6.18 Å². The van der Waals surface area contributed by atoms with Crippen LogP contribution in [0, 0.1) is 15.9 Å². The summed E-state index contributed by atoms with van der Waals surface area (Å²) in [6.07, 6.45) is -4.06. The number of benzene rings is 1. The highest BCUT2D eigenvalue weighted by Gasteiger charge is 2.34. The molecule has 0 spiro atoms. The van der Waals surface area contributed by atoms with Gasteiger partial charge in [-0.15, -0.1) is 0 Å². The summed E-state index contributed by atoms with van der Waals surface area (Å²) < 4.78 is 55.9. The highest BCUT2D eigenvalue weighted by atomic mass is 35.5. The first-order valence-corrected chi connectivity index (χ1v) is 5.91. The zero-order chi connectivity index (χ0) is 16.5. The molecule has 10 heteroatoms. The molecule has 0 bridgehead atoms. The fraction of sp³-hybridized carbons (Fsp3) is 0.0833. The Hall–Kier alpha value is -2.42. The number of halogens is 5. The number of nitrogens with zero attached hydrogens (tertiary/aromatic N) is 2. The topological polar surface area (TPSA) is 65.3 Å². The van der Waals surface area contributed by atoms with Crippen molar-refractivity contribution in [1.29, 1.82) is 0 Å². The summed E-state index contributed by atoms with van der Waals surface area (Å²) in [5.41, 5.74) is -1.92. The van der Waals surface area contributed by atoms with Crippen LogP contribution in [0.2, 0.25) is 5.02 Å². The van der Waals surface area contributed by atoms with E-state index in [0.29, 0.717) is 12.1 Å². The monoisotopic (exact) mass is 336 g/mol. The molecule has 0 radical (unpaired) electrons. The van der Waals surface area contributed by atoms with Crippen molar-refractivity contribution in [3.63, 3.8) is 0 Å². The molecule has 0 aliphatic rings. The standard InChI is InChI=1S/C12H5ClF4N2O3/c13-9-3-6(19(20)21)5-18-11(9)22-7-1-2-10(14)8(4-7)12(15,16)17/h1-5H. The van der Waals surface area contributed by atoms with Gasteiger partial charge in [0.1, 0.15) is 22.8 Å². The number of rotatable bonds is 3. The lowest BCUT2D eigenvalue weighted by Crippen LogP contribution is -2.08. The van der Waals surface area contributed by atoms with Gasteiger partial charge in [-0.2, -0.15) is 13.2 Å². The van der Waals surface area contributed by atoms with Gasteiger partial charge in [0.2, 0.25) is 5.88 Å². The predicted octanol–water partition coefficient (Wildman–Crippen LogP) is 4.59. The lowest BCUT2D eigenvalue weighted by molar-refractivity contribution is -0.385. The van der Waals surface area contributed by atoms with Crippen LogP contribution in [0.5, 0.6) is 11.6 Å². The molecule has 0 unspecified atom stereocenters. The van der Waals surface area contributed by atoms with E-state index in [9.17, 15) is 27.7 Å². The van der Waals surface area contributed by atoms with Gasteiger partial charge in [0.25, 0.3) is 5.69 Å². The molecule has 0 atom stereocenters. The lowest BCUT2D eigenvalue weighted by Gasteiger charge is -2.11. The van der Waals surface area contributed by atoms with Crippen LogP contribution in [0.15, 0.2) is 30.5 Å². The van der Waals surface area contributed by atoms with Gasteiger partial charge in [-0.3, -0.25) is 10.1 Å². The molecule has 1 aromatic carbocycles. The first-order valence-electron chi connectivity index (χ1n) is 5.53. The van der Waals surface area contributed by atoms with E-state index in [4.69, 9.17) is 16.3 Å². The molecular weight excluding hydrogens is 332 g/mol. The summed E-state index contributed by atoms with van der Waals surface area (Å²) in [7, 11) is 0. The average Bonchev–Trinajstić information content (AvgIpc) is 2.41. The fourth-order valence-corrected chi connectivity index (χ4v) is 1.69. The van der Waals surface area contributed by atoms with Crippen LogP contribution in [0.4, 0.5) is 23.2 Å². The normalized spacial score (nSPS) is 11.3. The van der Waals surface area contributed by atoms with Gasteiger partial charge in [0.05, 0.1) is 10.5 Å². The molecule has 1 heterocycles. The maximum absolute atomic E-state index is 13.1. The highest BCUT2D eigenvalue weighted by molar-refractivity contribution is 6.32. The Morgan fingerprint density at radius 1 is 1.27 bits per heavy atom. The molecular formula is C12H5ClF4N2O3. The van der Waals surface area contributed by atoms with E-state index in [1.54, 1.807) is 0 Å². The minimum Gasteiger partial charge on any atom is -0.438 e. The Morgan fingerprint density at radius 2 is 1.95 bits per heavy atom. The third kappa shape index (κ3) is 3.42. The van der Waals surface area contributed by atoms with E-state index in [1.165, 1.54) is 0 Å². The Labute approximate surface area is 125 Å². The number of pyridine rings is 1. The minimum absolute atomic E-state index is 0.271. The summed E-state index contributed by atoms with van der Waals surface area (Å²) >= 11 is 5.70. The molecule has 0 aliphatic carbocycles. The zero-order valence-corrected chi connectivity index (χ0v) is 11.2. The van der Waals surface area contributed by atoms with Crippen LogP contribution in [0.25, 0.3) is 0 Å². The maximum atomic E-state index is 13.1. The van der Waals surface area contributed by atoms with Gasteiger partial charge in [0, 0.05) is 6.07 Å². The molecule has 0 fully saturated rings. The van der Waals surface area contributed by atoms with Gasteiger partial charge in [0.15, 0.2) is 0 Å². The first kappa shape index (κ1) is 16.0. The number of hydrogen-bond donors (Lipinski definition) is 0. The summed E-state index contributed by atoms with van der Waals surface area (Å²) in [6.45, 7) is 0. The van der Waals surface area contributed by atoms with Gasteiger partial charge in [-0.25, -0.2) is 9.37 Å². The second-order valence-electron chi connectivity index (χ2n) is 3.98.